The van der Waals surface area contributed by atoms with E-state index in [1.807, 2.05) is 4.90 Å². The number of amides is 2. The van der Waals surface area contributed by atoms with Gasteiger partial charge >= 0.3 is 12.1 Å². The predicted octanol–water partition coefficient (Wildman–Crippen LogP) is 1.56. The number of rotatable bonds is 8. The molecule has 16 heteroatoms. The van der Waals surface area contributed by atoms with Gasteiger partial charge in [0.15, 0.2) is 0 Å². The van der Waals surface area contributed by atoms with Crippen molar-refractivity contribution < 1.29 is 36.3 Å². The SMILES string of the molecule is O=C(Nc1cccn(N2CCN(C(=O)C(F)(F)F)CC2)c1=O)c1ccc(NS(=O)(=O)CCO)cc1N1CCC2(CC1)CC2. The van der Waals surface area contributed by atoms with Crippen molar-refractivity contribution in [3.05, 3.63) is 52.4 Å². The van der Waals surface area contributed by atoms with E-state index >= 15 is 0 Å². The smallest absolute Gasteiger partial charge is 0.395 e. The number of alkyl halides is 3. The zero-order valence-electron chi connectivity index (χ0n) is 23.3. The number of nitrogens with zero attached hydrogens (tertiary/aromatic N) is 4. The lowest BCUT2D eigenvalue weighted by molar-refractivity contribution is -0.185. The Labute approximate surface area is 246 Å². The van der Waals surface area contributed by atoms with Gasteiger partial charge in [0.05, 0.1) is 42.4 Å². The van der Waals surface area contributed by atoms with E-state index in [0.29, 0.717) is 29.1 Å². The molecule has 3 heterocycles. The minimum atomic E-state index is -4.97. The van der Waals surface area contributed by atoms with Gasteiger partial charge in [-0.25, -0.2) is 13.1 Å². The molecular formula is C27H33F3N6O6S. The molecule has 3 fully saturated rings. The van der Waals surface area contributed by atoms with E-state index < -0.39 is 45.9 Å². The first kappa shape index (κ1) is 30.7. The van der Waals surface area contributed by atoms with Crippen LogP contribution in [0.5, 0.6) is 0 Å². The van der Waals surface area contributed by atoms with Crippen LogP contribution in [0.2, 0.25) is 0 Å². The molecule has 0 bridgehead atoms. The van der Waals surface area contributed by atoms with Gasteiger partial charge in [0, 0.05) is 32.4 Å². The number of aliphatic hydroxyl groups excluding tert-OH is 1. The highest BCUT2D eigenvalue weighted by Crippen LogP contribution is 2.54. The second kappa shape index (κ2) is 11.7. The number of piperidine rings is 1. The van der Waals surface area contributed by atoms with Crippen molar-refractivity contribution in [1.29, 1.82) is 0 Å². The molecule has 1 aliphatic carbocycles. The summed E-state index contributed by atoms with van der Waals surface area (Å²) in [5.74, 6) is -3.00. The first-order valence-corrected chi connectivity index (χ1v) is 15.6. The van der Waals surface area contributed by atoms with Gasteiger partial charge in [0.25, 0.3) is 11.5 Å². The molecule has 0 unspecified atom stereocenters. The molecule has 2 aliphatic heterocycles. The maximum Gasteiger partial charge on any atom is 0.471 e. The van der Waals surface area contributed by atoms with Crippen LogP contribution in [-0.4, -0.2) is 92.7 Å². The molecule has 1 saturated carbocycles. The van der Waals surface area contributed by atoms with Crippen molar-refractivity contribution in [3.63, 3.8) is 0 Å². The normalized spacial score (nSPS) is 18.5. The average Bonchev–Trinajstić information content (AvgIpc) is 3.72. The standard InChI is InChI=1S/C27H33F3N6O6S/c28-27(29,30)25(40)34-12-14-35(15-13-34)36-9-1-2-21(24(36)39)31-23(38)20-4-3-19(32-43(41,42)17-16-37)18-22(20)33-10-7-26(5-6-26)8-11-33/h1-4,9,18,32,37H,5-8,10-17H2,(H,31,38). The molecule has 3 N–H and O–H groups in total. The Morgan fingerprint density at radius 1 is 0.977 bits per heavy atom. The van der Waals surface area contributed by atoms with Crippen molar-refractivity contribution in [1.82, 2.24) is 9.58 Å². The summed E-state index contributed by atoms with van der Waals surface area (Å²) < 4.78 is 66.5. The number of halogens is 3. The molecule has 0 atom stereocenters. The summed E-state index contributed by atoms with van der Waals surface area (Å²) in [6.45, 7) is 0.308. The number of aliphatic hydroxyl groups is 1. The number of carbonyl (C=O) groups is 2. The van der Waals surface area contributed by atoms with E-state index in [9.17, 15) is 36.0 Å². The van der Waals surface area contributed by atoms with Gasteiger partial charge < -0.3 is 25.2 Å². The molecule has 3 aliphatic rings. The van der Waals surface area contributed by atoms with E-state index in [0.717, 1.165) is 12.8 Å². The van der Waals surface area contributed by atoms with E-state index in [1.54, 1.807) is 6.07 Å². The molecule has 0 radical (unpaired) electrons. The molecule has 12 nitrogen and oxygen atoms in total. The maximum absolute atomic E-state index is 13.5. The number of anilines is 3. The van der Waals surface area contributed by atoms with E-state index in [2.05, 4.69) is 10.0 Å². The molecular weight excluding hydrogens is 593 g/mol. The lowest BCUT2D eigenvalue weighted by Crippen LogP contribution is -2.57. The summed E-state index contributed by atoms with van der Waals surface area (Å²) in [7, 11) is -3.80. The Morgan fingerprint density at radius 2 is 1.65 bits per heavy atom. The van der Waals surface area contributed by atoms with Crippen LogP contribution in [0.1, 0.15) is 36.0 Å². The minimum absolute atomic E-state index is 0.0205. The lowest BCUT2D eigenvalue weighted by atomic mass is 9.93. The Balaban J connectivity index is 1.35. The average molecular weight is 627 g/mol. The van der Waals surface area contributed by atoms with Gasteiger partial charge in [-0.05, 0) is 61.4 Å². The zero-order valence-corrected chi connectivity index (χ0v) is 24.1. The fraction of sp³-hybridized carbons (Fsp3) is 0.519. The number of pyridine rings is 1. The Hall–Kier alpha value is -3.79. The number of nitrogens with one attached hydrogen (secondary N) is 2. The van der Waals surface area contributed by atoms with Gasteiger partial charge in [-0.3, -0.25) is 19.1 Å². The minimum Gasteiger partial charge on any atom is -0.395 e. The van der Waals surface area contributed by atoms with Crippen molar-refractivity contribution in [2.75, 3.05) is 71.6 Å². The Bertz CT molecular complexity index is 1540. The number of carbonyl (C=O) groups excluding carboxylic acids is 2. The summed E-state index contributed by atoms with van der Waals surface area (Å²) in [6, 6.07) is 7.41. The summed E-state index contributed by atoms with van der Waals surface area (Å²) in [4.78, 5) is 41.1. The van der Waals surface area contributed by atoms with Crippen LogP contribution in [0, 0.1) is 5.41 Å². The molecule has 1 aromatic carbocycles. The van der Waals surface area contributed by atoms with Crippen molar-refractivity contribution in [2.24, 2.45) is 5.41 Å². The maximum atomic E-state index is 13.5. The van der Waals surface area contributed by atoms with E-state index in [4.69, 9.17) is 5.11 Å². The number of benzene rings is 1. The van der Waals surface area contributed by atoms with Crippen LogP contribution < -0.4 is 25.5 Å². The number of piperazine rings is 1. The molecule has 2 aromatic rings. The molecule has 43 heavy (non-hydrogen) atoms. The fourth-order valence-corrected chi connectivity index (χ4v) is 6.41. The summed E-state index contributed by atoms with van der Waals surface area (Å²) in [6.07, 6.45) is 0.683. The number of aromatic nitrogens is 1. The van der Waals surface area contributed by atoms with Gasteiger partial charge in [0.1, 0.15) is 5.69 Å². The van der Waals surface area contributed by atoms with Gasteiger partial charge in [-0.15, -0.1) is 0 Å². The lowest BCUT2D eigenvalue weighted by Gasteiger charge is -2.36. The third-order valence-corrected chi connectivity index (χ3v) is 9.53. The first-order valence-electron chi connectivity index (χ1n) is 14.0. The quantitative estimate of drug-likeness (QED) is 0.401. The van der Waals surface area contributed by atoms with Gasteiger partial charge in [0.2, 0.25) is 10.0 Å². The largest absolute Gasteiger partial charge is 0.471 e. The number of hydrogen-bond acceptors (Lipinski definition) is 8. The molecule has 2 amide bonds. The molecule has 2 saturated heterocycles. The highest BCUT2D eigenvalue weighted by molar-refractivity contribution is 7.92. The Kier molecular flexibility index (Phi) is 8.35. The Morgan fingerprint density at radius 3 is 2.26 bits per heavy atom. The topological polar surface area (TPSA) is 144 Å². The van der Waals surface area contributed by atoms with Crippen LogP contribution in [0.3, 0.4) is 0 Å². The van der Waals surface area contributed by atoms with Crippen LogP contribution in [-0.2, 0) is 14.8 Å². The number of hydrogen-bond donors (Lipinski definition) is 3. The van der Waals surface area contributed by atoms with Crippen LogP contribution in [0.25, 0.3) is 0 Å². The first-order chi connectivity index (χ1) is 20.3. The van der Waals surface area contributed by atoms with Crippen molar-refractivity contribution in [2.45, 2.75) is 31.9 Å². The van der Waals surface area contributed by atoms with Gasteiger partial charge in [-0.1, -0.05) is 0 Å². The van der Waals surface area contributed by atoms with E-state index in [-0.39, 0.29) is 43.1 Å². The fourth-order valence-electron chi connectivity index (χ4n) is 5.58. The van der Waals surface area contributed by atoms with Crippen LogP contribution >= 0.6 is 0 Å². The third kappa shape index (κ3) is 6.90. The third-order valence-electron chi connectivity index (χ3n) is 8.26. The van der Waals surface area contributed by atoms with Crippen molar-refractivity contribution >= 4 is 38.9 Å². The highest BCUT2D eigenvalue weighted by atomic mass is 32.2. The van der Waals surface area contributed by atoms with Gasteiger partial charge in [-0.2, -0.15) is 13.2 Å². The van der Waals surface area contributed by atoms with Crippen LogP contribution in [0.4, 0.5) is 30.2 Å². The van der Waals surface area contributed by atoms with E-state index in [1.165, 1.54) is 53.0 Å². The molecule has 1 spiro atoms. The summed E-state index contributed by atoms with van der Waals surface area (Å²) in [5.41, 5.74) is 0.646. The highest BCUT2D eigenvalue weighted by Gasteiger charge is 2.45. The molecule has 1 aromatic heterocycles. The molecule has 5 rings (SSSR count). The second-order valence-corrected chi connectivity index (χ2v) is 13.0. The monoisotopic (exact) mass is 626 g/mol. The summed E-state index contributed by atoms with van der Waals surface area (Å²) >= 11 is 0. The van der Waals surface area contributed by atoms with Crippen LogP contribution in [0.15, 0.2) is 41.3 Å². The second-order valence-electron chi connectivity index (χ2n) is 11.1. The summed E-state index contributed by atoms with van der Waals surface area (Å²) in [5, 5.41) is 13.2. The zero-order chi connectivity index (χ0) is 31.0. The van der Waals surface area contributed by atoms with Crippen molar-refractivity contribution in [3.8, 4) is 0 Å². The molecule has 234 valence electrons. The number of sulfonamides is 1. The predicted molar refractivity (Wildman–Crippen MR) is 153 cm³/mol.